The average molecular weight is 609 g/mol. The number of rotatable bonds is 8. The lowest BCUT2D eigenvalue weighted by molar-refractivity contribution is -0.113. The van der Waals surface area contributed by atoms with Crippen LogP contribution in [0, 0.1) is 0 Å². The molecule has 0 radical (unpaired) electrons. The van der Waals surface area contributed by atoms with E-state index in [0.717, 1.165) is 4.90 Å². The van der Waals surface area contributed by atoms with Gasteiger partial charge in [0, 0.05) is 16.3 Å². The molecule has 2 amide bonds. The Morgan fingerprint density at radius 2 is 1.42 bits per heavy atom. The van der Waals surface area contributed by atoms with Crippen molar-refractivity contribution in [3.63, 3.8) is 0 Å². The smallest absolute Gasteiger partial charge is 0.338 e. The van der Waals surface area contributed by atoms with Gasteiger partial charge in [0.05, 0.1) is 49.1 Å². The third-order valence-corrected chi connectivity index (χ3v) is 7.74. The topological polar surface area (TPSA) is 105 Å². The van der Waals surface area contributed by atoms with Gasteiger partial charge in [-0.15, -0.1) is 11.8 Å². The molecule has 0 aromatic heterocycles. The standard InChI is InChI=1S/C23H15Cl5N2O5S/c1-35-14-7-4-11(8-13(14)24)29-15(31)9-36-12-5-2-10(3-6-12)30-22(32)16-17(23(33)34)19(26)21(28)20(27)18(16)25/h2-8H,9H2,1H3,(H,29,31)(H,30,32)(H,33,34). The van der Waals surface area contributed by atoms with E-state index < -0.39 is 28.0 Å². The molecule has 0 saturated carbocycles. The van der Waals surface area contributed by atoms with Gasteiger partial charge in [0.25, 0.3) is 5.91 Å². The van der Waals surface area contributed by atoms with E-state index in [0.29, 0.717) is 22.1 Å². The van der Waals surface area contributed by atoms with Crippen LogP contribution in [0.15, 0.2) is 47.4 Å². The molecule has 188 valence electrons. The molecule has 3 N–H and O–H groups in total. The lowest BCUT2D eigenvalue weighted by Gasteiger charge is -2.14. The van der Waals surface area contributed by atoms with Crippen molar-refractivity contribution >= 4 is 98.9 Å². The lowest BCUT2D eigenvalue weighted by atomic mass is 10.1. The van der Waals surface area contributed by atoms with Crippen LogP contribution in [0.1, 0.15) is 20.7 Å². The summed E-state index contributed by atoms with van der Waals surface area (Å²) < 4.78 is 5.08. The maximum absolute atomic E-state index is 12.8. The summed E-state index contributed by atoms with van der Waals surface area (Å²) in [5.74, 6) is -1.96. The van der Waals surface area contributed by atoms with Gasteiger partial charge in [-0.2, -0.15) is 0 Å². The number of anilines is 2. The summed E-state index contributed by atoms with van der Waals surface area (Å²) in [6.45, 7) is 0. The number of halogens is 5. The number of carbonyl (C=O) groups is 3. The minimum Gasteiger partial charge on any atom is -0.495 e. The molecule has 0 heterocycles. The number of carbonyl (C=O) groups excluding carboxylic acids is 2. The zero-order chi connectivity index (χ0) is 26.6. The summed E-state index contributed by atoms with van der Waals surface area (Å²) in [6, 6.07) is 11.4. The first kappa shape index (κ1) is 28.2. The van der Waals surface area contributed by atoms with Gasteiger partial charge in [-0.25, -0.2) is 4.79 Å². The van der Waals surface area contributed by atoms with Crippen LogP contribution in [0.2, 0.25) is 25.1 Å². The van der Waals surface area contributed by atoms with Crippen LogP contribution in [0.3, 0.4) is 0 Å². The van der Waals surface area contributed by atoms with E-state index in [1.54, 1.807) is 42.5 Å². The molecule has 3 aromatic rings. The number of amides is 2. The van der Waals surface area contributed by atoms with E-state index in [4.69, 9.17) is 62.7 Å². The van der Waals surface area contributed by atoms with E-state index in [9.17, 15) is 19.5 Å². The van der Waals surface area contributed by atoms with Gasteiger partial charge in [-0.3, -0.25) is 9.59 Å². The van der Waals surface area contributed by atoms with Crippen LogP contribution in [0.5, 0.6) is 5.75 Å². The fourth-order valence-corrected chi connectivity index (χ4v) is 4.94. The molecule has 0 unspecified atom stereocenters. The summed E-state index contributed by atoms with van der Waals surface area (Å²) in [7, 11) is 1.50. The molecular weight excluding hydrogens is 594 g/mol. The molecule has 0 aliphatic carbocycles. The van der Waals surface area contributed by atoms with Crippen molar-refractivity contribution in [2.45, 2.75) is 4.90 Å². The minimum absolute atomic E-state index is 0.120. The molecule has 0 spiro atoms. The molecule has 0 aliphatic heterocycles. The van der Waals surface area contributed by atoms with E-state index in [1.807, 2.05) is 0 Å². The number of thioether (sulfide) groups is 1. The molecule has 0 aliphatic rings. The van der Waals surface area contributed by atoms with Crippen molar-refractivity contribution in [1.29, 1.82) is 0 Å². The molecule has 3 rings (SSSR count). The largest absolute Gasteiger partial charge is 0.495 e. The van der Waals surface area contributed by atoms with Gasteiger partial charge in [-0.1, -0.05) is 58.0 Å². The first-order valence-corrected chi connectivity index (χ1v) is 12.7. The SMILES string of the molecule is COc1ccc(NC(=O)CSc2ccc(NC(=O)c3c(Cl)c(Cl)c(Cl)c(Cl)c3C(=O)O)cc2)cc1Cl. The number of hydrogen-bond donors (Lipinski definition) is 3. The Bertz CT molecular complexity index is 1350. The van der Waals surface area contributed by atoms with E-state index in [-0.39, 0.29) is 26.7 Å². The van der Waals surface area contributed by atoms with Gasteiger partial charge in [0.15, 0.2) is 0 Å². The molecule has 36 heavy (non-hydrogen) atoms. The van der Waals surface area contributed by atoms with Gasteiger partial charge >= 0.3 is 5.97 Å². The number of carboxylic acid groups (broad SMARTS) is 1. The number of carboxylic acids is 1. The monoisotopic (exact) mass is 606 g/mol. The zero-order valence-electron chi connectivity index (χ0n) is 18.1. The zero-order valence-corrected chi connectivity index (χ0v) is 22.7. The van der Waals surface area contributed by atoms with Crippen molar-refractivity contribution in [3.8, 4) is 5.75 Å². The number of aromatic carboxylic acids is 1. The van der Waals surface area contributed by atoms with Crippen molar-refractivity contribution in [3.05, 3.63) is 78.7 Å². The van der Waals surface area contributed by atoms with Crippen molar-refractivity contribution < 1.29 is 24.2 Å². The second-order valence-electron chi connectivity index (χ2n) is 6.98. The van der Waals surface area contributed by atoms with Crippen LogP contribution in [-0.2, 0) is 4.79 Å². The van der Waals surface area contributed by atoms with Gasteiger partial charge < -0.3 is 20.5 Å². The summed E-state index contributed by atoms with van der Waals surface area (Å²) in [4.78, 5) is 37.5. The lowest BCUT2D eigenvalue weighted by Crippen LogP contribution is -2.18. The number of hydrogen-bond acceptors (Lipinski definition) is 5. The number of ether oxygens (including phenoxy) is 1. The summed E-state index contributed by atoms with van der Waals surface area (Å²) in [5.41, 5.74) is -0.107. The third kappa shape index (κ3) is 6.51. The van der Waals surface area contributed by atoms with Crippen molar-refractivity contribution in [2.75, 3.05) is 23.5 Å². The van der Waals surface area contributed by atoms with Crippen LogP contribution < -0.4 is 15.4 Å². The highest BCUT2D eigenvalue weighted by atomic mass is 35.5. The quantitative estimate of drug-likeness (QED) is 0.138. The van der Waals surface area contributed by atoms with E-state index in [1.165, 1.54) is 18.9 Å². The van der Waals surface area contributed by atoms with Crippen LogP contribution in [0.4, 0.5) is 11.4 Å². The fraction of sp³-hybridized carbons (Fsp3) is 0.0870. The third-order valence-electron chi connectivity index (χ3n) is 4.63. The first-order chi connectivity index (χ1) is 17.0. The predicted octanol–water partition coefficient (Wildman–Crippen LogP) is 7.64. The Balaban J connectivity index is 1.65. The van der Waals surface area contributed by atoms with Crippen molar-refractivity contribution in [2.24, 2.45) is 0 Å². The molecular formula is C23H15Cl5N2O5S. The summed E-state index contributed by atoms with van der Waals surface area (Å²) in [5, 5.41) is 13.9. The van der Waals surface area contributed by atoms with Gasteiger partial charge in [0.2, 0.25) is 5.91 Å². The second kappa shape index (κ2) is 12.3. The Morgan fingerprint density at radius 1 is 0.833 bits per heavy atom. The Labute approximate surface area is 235 Å². The van der Waals surface area contributed by atoms with Crippen LogP contribution in [-0.4, -0.2) is 35.8 Å². The maximum Gasteiger partial charge on any atom is 0.338 e. The average Bonchev–Trinajstić information content (AvgIpc) is 2.84. The maximum atomic E-state index is 12.8. The molecule has 0 fully saturated rings. The highest BCUT2D eigenvalue weighted by molar-refractivity contribution is 8.00. The summed E-state index contributed by atoms with van der Waals surface area (Å²) in [6.07, 6.45) is 0. The molecule has 3 aromatic carbocycles. The van der Waals surface area contributed by atoms with Crippen LogP contribution in [0.25, 0.3) is 0 Å². The summed E-state index contributed by atoms with van der Waals surface area (Å²) >= 11 is 31.3. The minimum atomic E-state index is -1.49. The van der Waals surface area contributed by atoms with E-state index >= 15 is 0 Å². The molecule has 0 saturated heterocycles. The van der Waals surface area contributed by atoms with Gasteiger partial charge in [0.1, 0.15) is 5.75 Å². The molecule has 7 nitrogen and oxygen atoms in total. The Hall–Kier alpha value is -2.33. The molecule has 13 heteroatoms. The van der Waals surface area contributed by atoms with Gasteiger partial charge in [-0.05, 0) is 42.5 Å². The number of methoxy groups -OCH3 is 1. The highest BCUT2D eigenvalue weighted by Gasteiger charge is 2.28. The normalized spacial score (nSPS) is 10.6. The molecule has 0 atom stereocenters. The highest BCUT2D eigenvalue weighted by Crippen LogP contribution is 2.42. The molecule has 0 bridgehead atoms. The number of benzene rings is 3. The fourth-order valence-electron chi connectivity index (χ4n) is 2.96. The van der Waals surface area contributed by atoms with Crippen LogP contribution >= 0.6 is 69.8 Å². The second-order valence-corrected chi connectivity index (χ2v) is 9.94. The Morgan fingerprint density at radius 3 is 1.97 bits per heavy atom. The predicted molar refractivity (Wildman–Crippen MR) is 145 cm³/mol. The number of nitrogens with one attached hydrogen (secondary N) is 2. The van der Waals surface area contributed by atoms with E-state index in [2.05, 4.69) is 10.6 Å². The van der Waals surface area contributed by atoms with Crippen molar-refractivity contribution in [1.82, 2.24) is 0 Å². The Kier molecular flexibility index (Phi) is 9.63. The first-order valence-electron chi connectivity index (χ1n) is 9.80.